The second-order valence-electron chi connectivity index (χ2n) is 6.89. The van der Waals surface area contributed by atoms with Crippen molar-refractivity contribution in [1.82, 2.24) is 9.88 Å². The van der Waals surface area contributed by atoms with Crippen molar-refractivity contribution in [2.45, 2.75) is 17.9 Å². The van der Waals surface area contributed by atoms with Gasteiger partial charge in [-0.2, -0.15) is 5.26 Å². The summed E-state index contributed by atoms with van der Waals surface area (Å²) >= 11 is 1.08. The molecule has 4 rings (SSSR count). The number of hydrogen-bond donors (Lipinski definition) is 2. The fourth-order valence-electron chi connectivity index (χ4n) is 3.28. The van der Waals surface area contributed by atoms with Crippen molar-refractivity contribution in [1.29, 1.82) is 5.26 Å². The van der Waals surface area contributed by atoms with E-state index >= 15 is 0 Å². The predicted molar refractivity (Wildman–Crippen MR) is 104 cm³/mol. The predicted octanol–water partition coefficient (Wildman–Crippen LogP) is 0.853. The lowest BCUT2D eigenvalue weighted by Gasteiger charge is -2.13. The first-order valence-corrected chi connectivity index (χ1v) is 9.62. The number of likely N-dealkylation sites (N-methyl/N-ethyl adjacent to an activating group) is 1. The van der Waals surface area contributed by atoms with Gasteiger partial charge in [0.05, 0.1) is 16.6 Å². The fourth-order valence-corrected chi connectivity index (χ4v) is 4.24. The summed E-state index contributed by atoms with van der Waals surface area (Å²) in [5, 5.41) is 20.1. The highest BCUT2D eigenvalue weighted by molar-refractivity contribution is 7.14. The van der Waals surface area contributed by atoms with E-state index in [-0.39, 0.29) is 18.0 Å². The van der Waals surface area contributed by atoms with Gasteiger partial charge in [-0.05, 0) is 18.2 Å². The summed E-state index contributed by atoms with van der Waals surface area (Å²) in [6.45, 7) is 0.568. The van der Waals surface area contributed by atoms with Crippen LogP contribution in [0.1, 0.15) is 32.6 Å². The molecule has 0 saturated carbocycles. The van der Waals surface area contributed by atoms with E-state index in [1.807, 2.05) is 0 Å². The highest BCUT2D eigenvalue weighted by atomic mass is 32.1. The van der Waals surface area contributed by atoms with Gasteiger partial charge in [0.15, 0.2) is 5.01 Å². The maximum absolute atomic E-state index is 12.1. The van der Waals surface area contributed by atoms with Crippen LogP contribution < -0.4 is 10.5 Å². The van der Waals surface area contributed by atoms with Crippen molar-refractivity contribution < 1.29 is 19.4 Å². The highest BCUT2D eigenvalue weighted by Gasteiger charge is 2.42. The molecule has 29 heavy (non-hydrogen) atoms. The molecule has 1 aromatic heterocycles. The second kappa shape index (κ2) is 6.89. The molecule has 0 bridgehead atoms. The normalized spacial score (nSPS) is 22.4. The van der Waals surface area contributed by atoms with Gasteiger partial charge in [-0.1, -0.05) is 11.8 Å². The van der Waals surface area contributed by atoms with E-state index in [4.69, 9.17) is 10.5 Å². The average molecular weight is 408 g/mol. The Morgan fingerprint density at radius 3 is 2.97 bits per heavy atom. The molecular formula is C20H16N4O4S. The second-order valence-corrected chi connectivity index (χ2v) is 7.92. The Hall–Kier alpha value is -3.40. The van der Waals surface area contributed by atoms with Crippen LogP contribution in [0.25, 0.3) is 11.3 Å². The van der Waals surface area contributed by atoms with Crippen LogP contribution in [-0.2, 0) is 4.79 Å². The molecule has 2 aliphatic heterocycles. The van der Waals surface area contributed by atoms with Crippen molar-refractivity contribution in [3.63, 3.8) is 0 Å². The minimum absolute atomic E-state index is 0.119. The van der Waals surface area contributed by atoms with Gasteiger partial charge < -0.3 is 20.5 Å². The van der Waals surface area contributed by atoms with Gasteiger partial charge in [0, 0.05) is 31.1 Å². The smallest absolute Gasteiger partial charge is 0.277 e. The number of nitriles is 1. The minimum atomic E-state index is -1.70. The topological polar surface area (TPSA) is 130 Å². The molecule has 2 aliphatic rings. The van der Waals surface area contributed by atoms with Crippen LogP contribution in [0, 0.1) is 23.2 Å². The van der Waals surface area contributed by atoms with Crippen LogP contribution in [-0.4, -0.2) is 52.6 Å². The zero-order valence-corrected chi connectivity index (χ0v) is 16.2. The van der Waals surface area contributed by atoms with Gasteiger partial charge in [-0.25, -0.2) is 4.98 Å². The average Bonchev–Trinajstić information content (AvgIpc) is 3.21. The molecule has 1 saturated heterocycles. The Labute approximate surface area is 170 Å². The highest BCUT2D eigenvalue weighted by Crippen LogP contribution is 2.41. The van der Waals surface area contributed by atoms with E-state index in [1.165, 1.54) is 4.90 Å². The number of carbonyl (C=O) groups is 2. The molecule has 3 N–H and O–H groups in total. The number of nitrogens with two attached hydrogens (primary N) is 1. The molecule has 9 heteroatoms. The van der Waals surface area contributed by atoms with Gasteiger partial charge in [-0.15, -0.1) is 11.3 Å². The molecule has 146 valence electrons. The number of likely N-dealkylation sites (tertiary alicyclic amines) is 1. The van der Waals surface area contributed by atoms with Crippen LogP contribution >= 0.6 is 11.3 Å². The van der Waals surface area contributed by atoms with Crippen molar-refractivity contribution in [2.24, 2.45) is 5.73 Å². The van der Waals surface area contributed by atoms with Crippen molar-refractivity contribution in [2.75, 3.05) is 20.2 Å². The van der Waals surface area contributed by atoms with E-state index in [2.05, 4.69) is 22.9 Å². The molecule has 8 nitrogen and oxygen atoms in total. The lowest BCUT2D eigenvalue weighted by molar-refractivity contribution is -0.137. The van der Waals surface area contributed by atoms with E-state index in [0.29, 0.717) is 34.0 Å². The summed E-state index contributed by atoms with van der Waals surface area (Å²) in [5.74, 6) is 4.36. The number of benzene rings is 1. The van der Waals surface area contributed by atoms with Gasteiger partial charge in [0.2, 0.25) is 5.60 Å². The number of rotatable bonds is 1. The summed E-state index contributed by atoms with van der Waals surface area (Å²) in [6, 6.07) is 7.27. The monoisotopic (exact) mass is 408 g/mol. The minimum Gasteiger partial charge on any atom is -0.491 e. The maximum atomic E-state index is 12.1. The zero-order valence-electron chi connectivity index (χ0n) is 15.4. The Kier molecular flexibility index (Phi) is 4.50. The van der Waals surface area contributed by atoms with E-state index in [0.717, 1.165) is 11.3 Å². The first kappa shape index (κ1) is 18.9. The largest absolute Gasteiger partial charge is 0.491 e. The lowest BCUT2D eigenvalue weighted by Crippen LogP contribution is -2.37. The lowest BCUT2D eigenvalue weighted by atomic mass is 10.0. The third-order valence-corrected chi connectivity index (χ3v) is 6.08. The molecule has 3 heterocycles. The molecule has 1 fully saturated rings. The number of thiazole rings is 1. The molecule has 1 aromatic carbocycles. The maximum Gasteiger partial charge on any atom is 0.277 e. The van der Waals surface area contributed by atoms with E-state index < -0.39 is 23.3 Å². The van der Waals surface area contributed by atoms with Gasteiger partial charge in [0.1, 0.15) is 18.3 Å². The number of amides is 2. The SMILES string of the molecule is CN1CC[C@@](O)(C#Cc2ccc3c(c2)-c2nc(C(N)=O)sc2C(C#N)CO3)C1=O. The standard InChI is InChI=1S/C20H16N4O4S/c1-24-7-6-20(27,19(24)26)5-4-11-2-3-14-13(8-11)15-16(12(9-21)10-28-14)29-18(23-15)17(22)25/h2-3,8,12,27H,6-7,10H2,1H3,(H2,22,25)/t12?,20-/m0/s1. The Bertz CT molecular complexity index is 1140. The number of aromatic nitrogens is 1. The van der Waals surface area contributed by atoms with Crippen LogP contribution in [0.5, 0.6) is 5.75 Å². The third kappa shape index (κ3) is 3.21. The van der Waals surface area contributed by atoms with Crippen LogP contribution in [0.15, 0.2) is 18.2 Å². The number of aliphatic hydroxyl groups is 1. The molecular weight excluding hydrogens is 392 g/mol. The Morgan fingerprint density at radius 1 is 1.52 bits per heavy atom. The van der Waals surface area contributed by atoms with E-state index in [9.17, 15) is 20.0 Å². The number of primary amides is 1. The molecule has 2 aromatic rings. The van der Waals surface area contributed by atoms with Crippen molar-refractivity contribution in [3.8, 4) is 34.9 Å². The number of carbonyl (C=O) groups excluding carboxylic acids is 2. The van der Waals surface area contributed by atoms with Gasteiger partial charge in [-0.3, -0.25) is 9.59 Å². The van der Waals surface area contributed by atoms with Gasteiger partial charge >= 0.3 is 0 Å². The number of hydrogen-bond acceptors (Lipinski definition) is 7. The molecule has 0 radical (unpaired) electrons. The van der Waals surface area contributed by atoms with Crippen molar-refractivity contribution in [3.05, 3.63) is 33.6 Å². The quantitative estimate of drug-likeness (QED) is 0.673. The van der Waals surface area contributed by atoms with Crippen LogP contribution in [0.4, 0.5) is 0 Å². The zero-order chi connectivity index (χ0) is 20.8. The number of fused-ring (bicyclic) bond motifs is 3. The third-order valence-electron chi connectivity index (χ3n) is 4.90. The van der Waals surface area contributed by atoms with Crippen molar-refractivity contribution >= 4 is 23.2 Å². The summed E-state index contributed by atoms with van der Waals surface area (Å²) in [7, 11) is 1.62. The summed E-state index contributed by atoms with van der Waals surface area (Å²) in [6.07, 6.45) is 0.242. The summed E-state index contributed by atoms with van der Waals surface area (Å²) in [5.41, 5.74) is 5.25. The first-order chi connectivity index (χ1) is 13.8. The molecule has 1 unspecified atom stereocenters. The van der Waals surface area contributed by atoms with Crippen LogP contribution in [0.2, 0.25) is 0 Å². The molecule has 0 spiro atoms. The van der Waals surface area contributed by atoms with E-state index in [1.54, 1.807) is 25.2 Å². The molecule has 2 amide bonds. The summed E-state index contributed by atoms with van der Waals surface area (Å²) < 4.78 is 5.75. The van der Waals surface area contributed by atoms with Gasteiger partial charge in [0.25, 0.3) is 11.8 Å². The van der Waals surface area contributed by atoms with Crippen LogP contribution in [0.3, 0.4) is 0 Å². The Balaban J connectivity index is 1.78. The molecule has 2 atom stereocenters. The molecule has 0 aliphatic carbocycles. The Morgan fingerprint density at radius 2 is 2.31 bits per heavy atom. The fraction of sp³-hybridized carbons (Fsp3) is 0.300. The summed E-state index contributed by atoms with van der Waals surface area (Å²) in [4.78, 5) is 30.1. The number of ether oxygens (including phenoxy) is 1. The first-order valence-electron chi connectivity index (χ1n) is 8.81. The number of nitrogens with zero attached hydrogens (tertiary/aromatic N) is 3.